The van der Waals surface area contributed by atoms with E-state index >= 15 is 0 Å². The molecule has 3 nitrogen and oxygen atoms in total. The predicted molar refractivity (Wildman–Crippen MR) is 79.6 cm³/mol. The van der Waals surface area contributed by atoms with Crippen LogP contribution in [-0.4, -0.2) is 44.3 Å². The Hall–Kier alpha value is -0.900. The Kier molecular flexibility index (Phi) is 4.97. The predicted octanol–water partition coefficient (Wildman–Crippen LogP) is 2.03. The van der Waals surface area contributed by atoms with Gasteiger partial charge in [-0.1, -0.05) is 17.7 Å². The van der Waals surface area contributed by atoms with Gasteiger partial charge in [0.05, 0.1) is 12.7 Å². The lowest BCUT2D eigenvalue weighted by Crippen LogP contribution is -2.44. The van der Waals surface area contributed by atoms with Gasteiger partial charge < -0.3 is 15.0 Å². The van der Waals surface area contributed by atoms with Crippen molar-refractivity contribution in [1.29, 1.82) is 0 Å². The lowest BCUT2D eigenvalue weighted by Gasteiger charge is -2.30. The van der Waals surface area contributed by atoms with E-state index in [-0.39, 0.29) is 0 Å². The van der Waals surface area contributed by atoms with E-state index < -0.39 is 0 Å². The van der Waals surface area contributed by atoms with Crippen LogP contribution in [0.4, 0.5) is 0 Å². The van der Waals surface area contributed by atoms with Gasteiger partial charge in [0.25, 0.3) is 0 Å². The molecule has 0 amide bonds. The zero-order valence-corrected chi connectivity index (χ0v) is 12.6. The summed E-state index contributed by atoms with van der Waals surface area (Å²) in [4.78, 5) is 2.33. The molecule has 1 saturated heterocycles. The van der Waals surface area contributed by atoms with Gasteiger partial charge in [-0.15, -0.1) is 0 Å². The number of ether oxygens (including phenoxy) is 1. The fourth-order valence-electron chi connectivity index (χ4n) is 2.84. The summed E-state index contributed by atoms with van der Waals surface area (Å²) in [5.41, 5.74) is 5.53. The largest absolute Gasteiger partial charge is 0.374 e. The molecule has 1 aliphatic heterocycles. The first kappa shape index (κ1) is 14.5. The third-order valence-corrected chi connectivity index (χ3v) is 3.86. The van der Waals surface area contributed by atoms with Crippen molar-refractivity contribution in [3.05, 3.63) is 34.4 Å². The van der Waals surface area contributed by atoms with E-state index in [1.807, 2.05) is 0 Å². The highest BCUT2D eigenvalue weighted by molar-refractivity contribution is 5.37. The average Bonchev–Trinajstić information content (AvgIpc) is 2.32. The monoisotopic (exact) mass is 262 g/mol. The summed E-state index contributed by atoms with van der Waals surface area (Å²) in [7, 11) is 2.16. The molecule has 19 heavy (non-hydrogen) atoms. The first-order chi connectivity index (χ1) is 9.06. The molecular formula is C16H26N2O. The van der Waals surface area contributed by atoms with Crippen LogP contribution in [0.2, 0.25) is 0 Å². The first-order valence-corrected chi connectivity index (χ1v) is 7.14. The highest BCUT2D eigenvalue weighted by Crippen LogP contribution is 2.16. The van der Waals surface area contributed by atoms with Gasteiger partial charge in [-0.25, -0.2) is 0 Å². The summed E-state index contributed by atoms with van der Waals surface area (Å²) in [6.45, 7) is 11.3. The van der Waals surface area contributed by atoms with Crippen molar-refractivity contribution in [3.8, 4) is 0 Å². The number of likely N-dealkylation sites (N-methyl/N-ethyl adjacent to an activating group) is 1. The maximum atomic E-state index is 5.76. The van der Waals surface area contributed by atoms with Gasteiger partial charge in [0, 0.05) is 26.2 Å². The molecule has 0 bridgehead atoms. The quantitative estimate of drug-likeness (QED) is 0.898. The van der Waals surface area contributed by atoms with Crippen LogP contribution in [0.15, 0.2) is 12.1 Å². The number of rotatable bonds is 4. The van der Waals surface area contributed by atoms with Gasteiger partial charge in [0.1, 0.15) is 0 Å². The minimum atomic E-state index is 0.324. The molecule has 3 heteroatoms. The summed E-state index contributed by atoms with van der Waals surface area (Å²) in [6.07, 6.45) is 0.324. The Balaban J connectivity index is 1.85. The summed E-state index contributed by atoms with van der Waals surface area (Å²) in [5.74, 6) is 0. The van der Waals surface area contributed by atoms with Crippen LogP contribution in [0.1, 0.15) is 22.3 Å². The zero-order chi connectivity index (χ0) is 13.8. The fourth-order valence-corrected chi connectivity index (χ4v) is 2.84. The van der Waals surface area contributed by atoms with Crippen molar-refractivity contribution < 1.29 is 4.74 Å². The van der Waals surface area contributed by atoms with Crippen LogP contribution in [0.3, 0.4) is 0 Å². The van der Waals surface area contributed by atoms with E-state index in [9.17, 15) is 0 Å². The standard InChI is InChI=1S/C16H26N2O/c1-12-7-13(2)16(14(3)8-12)10-17-9-15-11-18(4)5-6-19-15/h7-8,15,17H,5-6,9-11H2,1-4H3. The normalized spacial score (nSPS) is 20.7. The number of benzene rings is 1. The van der Waals surface area contributed by atoms with Gasteiger partial charge in [-0.2, -0.15) is 0 Å². The SMILES string of the molecule is Cc1cc(C)c(CNCC2CN(C)CCO2)c(C)c1. The summed E-state index contributed by atoms with van der Waals surface area (Å²) in [6, 6.07) is 4.52. The topological polar surface area (TPSA) is 24.5 Å². The second-order valence-electron chi connectivity index (χ2n) is 5.76. The molecule has 0 saturated carbocycles. The van der Waals surface area contributed by atoms with Crippen molar-refractivity contribution in [1.82, 2.24) is 10.2 Å². The lowest BCUT2D eigenvalue weighted by molar-refractivity contribution is -0.0182. The molecule has 0 aliphatic carbocycles. The second-order valence-corrected chi connectivity index (χ2v) is 5.76. The van der Waals surface area contributed by atoms with Gasteiger partial charge >= 0.3 is 0 Å². The zero-order valence-electron chi connectivity index (χ0n) is 12.6. The molecule has 106 valence electrons. The molecule has 1 unspecified atom stereocenters. The Labute approximate surface area is 116 Å². The molecule has 0 spiro atoms. The molecule has 1 aliphatic rings. The molecule has 1 aromatic carbocycles. The average molecular weight is 262 g/mol. The van der Waals surface area contributed by atoms with Gasteiger partial charge in [-0.05, 0) is 44.5 Å². The maximum absolute atomic E-state index is 5.76. The van der Waals surface area contributed by atoms with E-state index in [0.29, 0.717) is 6.10 Å². The van der Waals surface area contributed by atoms with Crippen molar-refractivity contribution in [3.63, 3.8) is 0 Å². The molecular weight excluding hydrogens is 236 g/mol. The molecule has 2 rings (SSSR count). The van der Waals surface area contributed by atoms with E-state index in [4.69, 9.17) is 4.74 Å². The molecule has 1 N–H and O–H groups in total. The summed E-state index contributed by atoms with van der Waals surface area (Å²) >= 11 is 0. The van der Waals surface area contributed by atoms with E-state index in [1.165, 1.54) is 22.3 Å². The van der Waals surface area contributed by atoms with Crippen molar-refractivity contribution in [2.24, 2.45) is 0 Å². The summed E-state index contributed by atoms with van der Waals surface area (Å²) in [5, 5.41) is 3.54. The number of nitrogens with zero attached hydrogens (tertiary/aromatic N) is 1. The van der Waals surface area contributed by atoms with Gasteiger partial charge in [-0.3, -0.25) is 0 Å². The van der Waals surface area contributed by atoms with E-state index in [1.54, 1.807) is 0 Å². The molecule has 1 fully saturated rings. The molecule has 0 radical (unpaired) electrons. The minimum absolute atomic E-state index is 0.324. The molecule has 0 aromatic heterocycles. The van der Waals surface area contributed by atoms with Gasteiger partial charge in [0.2, 0.25) is 0 Å². The van der Waals surface area contributed by atoms with Crippen molar-refractivity contribution in [2.45, 2.75) is 33.4 Å². The molecule has 1 aromatic rings. The maximum Gasteiger partial charge on any atom is 0.0826 e. The van der Waals surface area contributed by atoms with Crippen LogP contribution in [-0.2, 0) is 11.3 Å². The van der Waals surface area contributed by atoms with Crippen LogP contribution in [0, 0.1) is 20.8 Å². The van der Waals surface area contributed by atoms with E-state index in [2.05, 4.69) is 50.2 Å². The number of hydrogen-bond acceptors (Lipinski definition) is 3. The highest BCUT2D eigenvalue weighted by atomic mass is 16.5. The number of aryl methyl sites for hydroxylation is 3. The van der Waals surface area contributed by atoms with Crippen molar-refractivity contribution in [2.75, 3.05) is 33.3 Å². The second kappa shape index (κ2) is 6.51. The van der Waals surface area contributed by atoms with Crippen molar-refractivity contribution >= 4 is 0 Å². The van der Waals surface area contributed by atoms with Crippen LogP contribution in [0.5, 0.6) is 0 Å². The highest BCUT2D eigenvalue weighted by Gasteiger charge is 2.17. The Morgan fingerprint density at radius 2 is 1.95 bits per heavy atom. The van der Waals surface area contributed by atoms with Crippen LogP contribution < -0.4 is 5.32 Å². The molecule has 1 heterocycles. The molecule has 1 atom stereocenters. The van der Waals surface area contributed by atoms with Crippen LogP contribution in [0.25, 0.3) is 0 Å². The first-order valence-electron chi connectivity index (χ1n) is 7.14. The number of nitrogens with one attached hydrogen (secondary N) is 1. The summed E-state index contributed by atoms with van der Waals surface area (Å²) < 4.78 is 5.76. The minimum Gasteiger partial charge on any atom is -0.374 e. The van der Waals surface area contributed by atoms with E-state index in [0.717, 1.165) is 32.8 Å². The Morgan fingerprint density at radius 1 is 1.26 bits per heavy atom. The third kappa shape index (κ3) is 4.03. The lowest BCUT2D eigenvalue weighted by atomic mass is 10.00. The Morgan fingerprint density at radius 3 is 2.58 bits per heavy atom. The third-order valence-electron chi connectivity index (χ3n) is 3.86. The number of hydrogen-bond donors (Lipinski definition) is 1. The fraction of sp³-hybridized carbons (Fsp3) is 0.625. The van der Waals surface area contributed by atoms with Gasteiger partial charge in [0.15, 0.2) is 0 Å². The smallest absolute Gasteiger partial charge is 0.0826 e. The Bertz CT molecular complexity index is 408. The van der Waals surface area contributed by atoms with Crippen LogP contribution >= 0.6 is 0 Å². The number of morpholine rings is 1.